The van der Waals surface area contributed by atoms with Gasteiger partial charge in [0.05, 0.1) is 6.61 Å². The van der Waals surface area contributed by atoms with E-state index in [1.165, 1.54) is 0 Å². The first-order valence-electron chi connectivity index (χ1n) is 6.45. The third kappa shape index (κ3) is 2.97. The first-order valence-corrected chi connectivity index (χ1v) is 6.45. The Morgan fingerprint density at radius 2 is 2.22 bits per heavy atom. The number of esters is 1. The van der Waals surface area contributed by atoms with Gasteiger partial charge in [-0.1, -0.05) is 6.92 Å². The number of carbonyl (C=O) groups excluding carboxylic acids is 1. The van der Waals surface area contributed by atoms with Gasteiger partial charge in [-0.25, -0.2) is 14.8 Å². The second kappa shape index (κ2) is 5.80. The van der Waals surface area contributed by atoms with E-state index in [2.05, 4.69) is 21.8 Å². The molecule has 5 nitrogen and oxygen atoms in total. The molecule has 1 aliphatic rings. The van der Waals surface area contributed by atoms with Gasteiger partial charge in [-0.2, -0.15) is 0 Å². The number of aromatic nitrogens is 2. The molecule has 0 aromatic carbocycles. The second-order valence-electron chi connectivity index (χ2n) is 4.63. The highest BCUT2D eigenvalue weighted by molar-refractivity contribution is 5.87. The van der Waals surface area contributed by atoms with Crippen LogP contribution < -0.4 is 4.90 Å². The lowest BCUT2D eigenvalue weighted by atomic mass is 10.00. The molecule has 1 fully saturated rings. The molecule has 0 amide bonds. The molecule has 1 saturated heterocycles. The lowest BCUT2D eigenvalue weighted by Gasteiger charge is -2.30. The van der Waals surface area contributed by atoms with Crippen molar-refractivity contribution in [2.24, 2.45) is 5.92 Å². The fourth-order valence-electron chi connectivity index (χ4n) is 2.03. The molecule has 0 unspecified atom stereocenters. The molecule has 0 aliphatic carbocycles. The second-order valence-corrected chi connectivity index (χ2v) is 4.63. The van der Waals surface area contributed by atoms with Gasteiger partial charge in [-0.15, -0.1) is 0 Å². The number of hydrogen-bond acceptors (Lipinski definition) is 5. The Morgan fingerprint density at radius 1 is 1.50 bits per heavy atom. The van der Waals surface area contributed by atoms with Crippen molar-refractivity contribution < 1.29 is 9.53 Å². The molecule has 1 aromatic heterocycles. The molecule has 0 radical (unpaired) electrons. The van der Waals surface area contributed by atoms with E-state index >= 15 is 0 Å². The van der Waals surface area contributed by atoms with Gasteiger partial charge in [-0.05, 0) is 31.7 Å². The van der Waals surface area contributed by atoms with E-state index in [-0.39, 0.29) is 5.97 Å². The van der Waals surface area contributed by atoms with Crippen LogP contribution in [0.15, 0.2) is 12.3 Å². The Kier molecular flexibility index (Phi) is 4.12. The quantitative estimate of drug-likeness (QED) is 0.766. The summed E-state index contributed by atoms with van der Waals surface area (Å²) in [5.41, 5.74) is 0.334. The topological polar surface area (TPSA) is 55.3 Å². The number of ether oxygens (including phenoxy) is 1. The summed E-state index contributed by atoms with van der Waals surface area (Å²) < 4.78 is 4.94. The fraction of sp³-hybridized carbons (Fsp3) is 0.615. The molecule has 2 rings (SSSR count). The van der Waals surface area contributed by atoms with Crippen LogP contribution in [-0.4, -0.2) is 35.6 Å². The zero-order chi connectivity index (χ0) is 13.0. The van der Waals surface area contributed by atoms with Crippen LogP contribution >= 0.6 is 0 Å². The normalized spacial score (nSPS) is 16.7. The van der Waals surface area contributed by atoms with Crippen molar-refractivity contribution in [2.45, 2.75) is 26.7 Å². The lowest BCUT2D eigenvalue weighted by Crippen LogP contribution is -2.34. The van der Waals surface area contributed by atoms with Crippen molar-refractivity contribution in [1.29, 1.82) is 0 Å². The van der Waals surface area contributed by atoms with Crippen molar-refractivity contribution in [2.75, 3.05) is 24.6 Å². The highest BCUT2D eigenvalue weighted by atomic mass is 16.5. The van der Waals surface area contributed by atoms with E-state index in [0.29, 0.717) is 18.2 Å². The highest BCUT2D eigenvalue weighted by Gasteiger charge is 2.19. The van der Waals surface area contributed by atoms with Gasteiger partial charge in [0.15, 0.2) is 5.69 Å². The molecule has 0 N–H and O–H groups in total. The maximum atomic E-state index is 11.6. The third-order valence-electron chi connectivity index (χ3n) is 3.19. The largest absolute Gasteiger partial charge is 0.461 e. The summed E-state index contributed by atoms with van der Waals surface area (Å²) >= 11 is 0. The van der Waals surface area contributed by atoms with Gasteiger partial charge in [-0.3, -0.25) is 0 Å². The van der Waals surface area contributed by atoms with E-state index in [1.807, 2.05) is 0 Å². The van der Waals surface area contributed by atoms with Crippen LogP contribution in [0.1, 0.15) is 37.2 Å². The SMILES string of the molecule is CCOC(=O)c1ccnc(N2CCC(C)CC2)n1. The molecule has 0 saturated carbocycles. The van der Waals surface area contributed by atoms with Gasteiger partial charge in [0.1, 0.15) is 0 Å². The number of hydrogen-bond donors (Lipinski definition) is 0. The van der Waals surface area contributed by atoms with Gasteiger partial charge in [0.25, 0.3) is 0 Å². The van der Waals surface area contributed by atoms with Gasteiger partial charge in [0.2, 0.25) is 5.95 Å². The number of carbonyl (C=O) groups is 1. The van der Waals surface area contributed by atoms with Crippen molar-refractivity contribution in [3.8, 4) is 0 Å². The van der Waals surface area contributed by atoms with E-state index in [9.17, 15) is 4.79 Å². The van der Waals surface area contributed by atoms with E-state index in [1.54, 1.807) is 19.2 Å². The van der Waals surface area contributed by atoms with Crippen molar-refractivity contribution in [3.63, 3.8) is 0 Å². The first kappa shape index (κ1) is 12.8. The summed E-state index contributed by atoms with van der Waals surface area (Å²) in [7, 11) is 0. The Bertz CT molecular complexity index is 414. The molecule has 18 heavy (non-hydrogen) atoms. The van der Waals surface area contributed by atoms with Crippen LogP contribution in [0, 0.1) is 5.92 Å². The van der Waals surface area contributed by atoms with Gasteiger partial charge < -0.3 is 9.64 Å². The highest BCUT2D eigenvalue weighted by Crippen LogP contribution is 2.19. The van der Waals surface area contributed by atoms with Crippen molar-refractivity contribution in [3.05, 3.63) is 18.0 Å². The molecule has 1 aromatic rings. The molecule has 2 heterocycles. The minimum Gasteiger partial charge on any atom is -0.461 e. The predicted octanol–water partition coefficient (Wildman–Crippen LogP) is 1.89. The van der Waals surface area contributed by atoms with Crippen LogP contribution in [0.25, 0.3) is 0 Å². The van der Waals surface area contributed by atoms with Crippen molar-refractivity contribution in [1.82, 2.24) is 9.97 Å². The molecule has 0 bridgehead atoms. The lowest BCUT2D eigenvalue weighted by molar-refractivity contribution is 0.0519. The third-order valence-corrected chi connectivity index (χ3v) is 3.19. The molecular formula is C13H19N3O2. The molecule has 0 atom stereocenters. The average molecular weight is 249 g/mol. The maximum absolute atomic E-state index is 11.6. The fourth-order valence-corrected chi connectivity index (χ4v) is 2.03. The monoisotopic (exact) mass is 249 g/mol. The molecule has 98 valence electrons. The minimum absolute atomic E-state index is 0.334. The maximum Gasteiger partial charge on any atom is 0.357 e. The number of nitrogens with zero attached hydrogens (tertiary/aromatic N) is 3. The molecule has 0 spiro atoms. The predicted molar refractivity (Wildman–Crippen MR) is 68.6 cm³/mol. The number of anilines is 1. The minimum atomic E-state index is -0.383. The first-order chi connectivity index (χ1) is 8.70. The molecular weight excluding hydrogens is 230 g/mol. The Hall–Kier alpha value is -1.65. The summed E-state index contributed by atoms with van der Waals surface area (Å²) in [6.45, 7) is 6.31. The average Bonchev–Trinajstić information content (AvgIpc) is 2.40. The Labute approximate surface area is 107 Å². The summed E-state index contributed by atoms with van der Waals surface area (Å²) in [5, 5.41) is 0. The van der Waals surface area contributed by atoms with Crippen LogP contribution in [-0.2, 0) is 4.74 Å². The summed E-state index contributed by atoms with van der Waals surface area (Å²) in [6.07, 6.45) is 3.91. The van der Waals surface area contributed by atoms with Crippen LogP contribution in [0.2, 0.25) is 0 Å². The van der Waals surface area contributed by atoms with Crippen LogP contribution in [0.5, 0.6) is 0 Å². The van der Waals surface area contributed by atoms with Crippen LogP contribution in [0.4, 0.5) is 5.95 Å². The van der Waals surface area contributed by atoms with E-state index in [4.69, 9.17) is 4.74 Å². The van der Waals surface area contributed by atoms with E-state index in [0.717, 1.165) is 31.8 Å². The zero-order valence-corrected chi connectivity index (χ0v) is 10.9. The van der Waals surface area contributed by atoms with E-state index < -0.39 is 0 Å². The standard InChI is InChI=1S/C13H19N3O2/c1-3-18-12(17)11-4-7-14-13(15-11)16-8-5-10(2)6-9-16/h4,7,10H,3,5-6,8-9H2,1-2H3. The van der Waals surface area contributed by atoms with Crippen LogP contribution in [0.3, 0.4) is 0 Å². The summed E-state index contributed by atoms with van der Waals surface area (Å²) in [4.78, 5) is 22.2. The molecule has 1 aliphatic heterocycles. The summed E-state index contributed by atoms with van der Waals surface area (Å²) in [5.74, 6) is 1.01. The van der Waals surface area contributed by atoms with Gasteiger partial charge in [0, 0.05) is 19.3 Å². The Balaban J connectivity index is 2.09. The zero-order valence-electron chi connectivity index (χ0n) is 10.9. The number of piperidine rings is 1. The van der Waals surface area contributed by atoms with Gasteiger partial charge >= 0.3 is 5.97 Å². The Morgan fingerprint density at radius 3 is 2.89 bits per heavy atom. The molecule has 5 heteroatoms. The van der Waals surface area contributed by atoms with Crippen molar-refractivity contribution >= 4 is 11.9 Å². The smallest absolute Gasteiger partial charge is 0.357 e. The summed E-state index contributed by atoms with van der Waals surface area (Å²) in [6, 6.07) is 1.59. The number of rotatable bonds is 3.